The summed E-state index contributed by atoms with van der Waals surface area (Å²) < 4.78 is 39.0. The van der Waals surface area contributed by atoms with Gasteiger partial charge in [-0.2, -0.15) is 0 Å². The minimum atomic E-state index is -0.754. The van der Waals surface area contributed by atoms with Gasteiger partial charge in [0, 0.05) is 37.3 Å². The molecule has 0 bridgehead atoms. The van der Waals surface area contributed by atoms with E-state index in [4.69, 9.17) is 21.1 Å². The van der Waals surface area contributed by atoms with Gasteiger partial charge >= 0.3 is 0 Å². The average Bonchev–Trinajstić information content (AvgIpc) is 3.18. The van der Waals surface area contributed by atoms with Crippen molar-refractivity contribution in [3.05, 3.63) is 53.1 Å². The Morgan fingerprint density at radius 1 is 1.23 bits per heavy atom. The van der Waals surface area contributed by atoms with E-state index < -0.39 is 11.6 Å². The first-order chi connectivity index (χ1) is 15.0. The number of nitrogens with zero attached hydrogens (tertiary/aromatic N) is 3. The summed E-state index contributed by atoms with van der Waals surface area (Å²) in [6.07, 6.45) is 0. The number of ether oxygens (including phenoxy) is 2. The molecule has 2 heterocycles. The van der Waals surface area contributed by atoms with Crippen molar-refractivity contribution in [3.63, 3.8) is 0 Å². The Balaban J connectivity index is 1.53. The smallest absolute Gasteiger partial charge is 0.266 e. The zero-order valence-electron chi connectivity index (χ0n) is 16.5. The summed E-state index contributed by atoms with van der Waals surface area (Å²) in [5, 5.41) is 0.868. The molecule has 0 radical (unpaired) electrons. The third-order valence-corrected chi connectivity index (χ3v) is 6.13. The van der Waals surface area contributed by atoms with Crippen molar-refractivity contribution in [2.24, 2.45) is 0 Å². The van der Waals surface area contributed by atoms with Gasteiger partial charge in [-0.3, -0.25) is 14.6 Å². The molecule has 2 aromatic carbocycles. The fourth-order valence-electron chi connectivity index (χ4n) is 3.21. The molecule has 0 spiro atoms. The van der Waals surface area contributed by atoms with Gasteiger partial charge < -0.3 is 9.47 Å². The maximum atomic E-state index is 14.1. The molecule has 6 nitrogen and oxygen atoms in total. The second kappa shape index (κ2) is 9.86. The predicted molar refractivity (Wildman–Crippen MR) is 116 cm³/mol. The summed E-state index contributed by atoms with van der Waals surface area (Å²) in [5.74, 6) is -1.26. The van der Waals surface area contributed by atoms with Crippen molar-refractivity contribution in [1.82, 2.24) is 9.88 Å². The number of hydrogen-bond donors (Lipinski definition) is 0. The van der Waals surface area contributed by atoms with Gasteiger partial charge in [0.05, 0.1) is 17.9 Å². The number of carbonyl (C=O) groups is 1. The van der Waals surface area contributed by atoms with Crippen LogP contribution in [-0.4, -0.2) is 61.8 Å². The lowest BCUT2D eigenvalue weighted by atomic mass is 10.3. The number of amides is 1. The van der Waals surface area contributed by atoms with Crippen LogP contribution < -0.4 is 9.64 Å². The highest BCUT2D eigenvalue weighted by Gasteiger charge is 2.23. The number of morpholine rings is 1. The van der Waals surface area contributed by atoms with Crippen LogP contribution in [0.3, 0.4) is 0 Å². The van der Waals surface area contributed by atoms with Crippen molar-refractivity contribution < 1.29 is 23.0 Å². The summed E-state index contributed by atoms with van der Waals surface area (Å²) in [4.78, 5) is 20.9. The second-order valence-electron chi connectivity index (χ2n) is 6.97. The molecule has 4 rings (SSSR count). The second-order valence-corrected chi connectivity index (χ2v) is 8.42. The van der Waals surface area contributed by atoms with Gasteiger partial charge in [-0.15, -0.1) is 0 Å². The standard InChI is InChI=1S/C21H20ClF2N3O3S/c22-14-1-3-16(4-2-14)30-13-19(28)27(6-5-26-7-9-29-10-8-26)21-25-20-17(24)11-15(23)12-18(20)31-21/h1-4,11-12H,5-10,13H2. The molecule has 1 amide bonds. The number of fused-ring (bicyclic) bond motifs is 1. The summed E-state index contributed by atoms with van der Waals surface area (Å²) >= 11 is 6.94. The topological polar surface area (TPSA) is 54.9 Å². The maximum Gasteiger partial charge on any atom is 0.266 e. The van der Waals surface area contributed by atoms with Crippen LogP contribution in [0.1, 0.15) is 0 Å². The molecule has 1 aliphatic heterocycles. The van der Waals surface area contributed by atoms with E-state index in [-0.39, 0.29) is 18.0 Å². The molecule has 0 aliphatic carbocycles. The van der Waals surface area contributed by atoms with E-state index in [0.29, 0.717) is 46.9 Å². The minimum absolute atomic E-state index is 0.0455. The molecule has 3 aromatic rings. The van der Waals surface area contributed by atoms with Gasteiger partial charge in [0.2, 0.25) is 0 Å². The van der Waals surface area contributed by atoms with E-state index in [1.807, 2.05) is 0 Å². The van der Waals surface area contributed by atoms with Gasteiger partial charge in [-0.05, 0) is 30.3 Å². The number of carbonyl (C=O) groups excluding carboxylic acids is 1. The lowest BCUT2D eigenvalue weighted by Crippen LogP contribution is -2.44. The SMILES string of the molecule is O=C(COc1ccc(Cl)cc1)N(CCN1CCOCC1)c1nc2c(F)cc(F)cc2s1. The van der Waals surface area contributed by atoms with E-state index in [0.717, 1.165) is 30.5 Å². The molecule has 164 valence electrons. The monoisotopic (exact) mass is 467 g/mol. The first-order valence-electron chi connectivity index (χ1n) is 9.74. The normalized spacial score (nSPS) is 14.7. The van der Waals surface area contributed by atoms with E-state index in [1.54, 1.807) is 24.3 Å². The van der Waals surface area contributed by atoms with Crippen molar-refractivity contribution in [2.45, 2.75) is 0 Å². The number of aromatic nitrogens is 1. The highest BCUT2D eigenvalue weighted by Crippen LogP contribution is 2.31. The molecule has 1 saturated heterocycles. The zero-order valence-corrected chi connectivity index (χ0v) is 18.1. The lowest BCUT2D eigenvalue weighted by Gasteiger charge is -2.29. The molecule has 0 unspecified atom stereocenters. The van der Waals surface area contributed by atoms with Gasteiger partial charge in [-0.25, -0.2) is 13.8 Å². The van der Waals surface area contributed by atoms with Crippen molar-refractivity contribution >= 4 is 44.2 Å². The van der Waals surface area contributed by atoms with Crippen LogP contribution in [-0.2, 0) is 9.53 Å². The summed E-state index contributed by atoms with van der Waals surface area (Å²) in [6.45, 7) is 3.53. The quantitative estimate of drug-likeness (QED) is 0.526. The van der Waals surface area contributed by atoms with E-state index in [1.165, 1.54) is 11.0 Å². The highest BCUT2D eigenvalue weighted by molar-refractivity contribution is 7.22. The Morgan fingerprint density at radius 3 is 2.71 bits per heavy atom. The number of rotatable bonds is 7. The van der Waals surface area contributed by atoms with Crippen LogP contribution in [0.15, 0.2) is 36.4 Å². The molecule has 0 N–H and O–H groups in total. The van der Waals surface area contributed by atoms with Crippen LogP contribution in [0.5, 0.6) is 5.75 Å². The summed E-state index contributed by atoms with van der Waals surface area (Å²) in [5.41, 5.74) is 0.0455. The highest BCUT2D eigenvalue weighted by atomic mass is 35.5. The number of benzene rings is 2. The van der Waals surface area contributed by atoms with E-state index >= 15 is 0 Å². The van der Waals surface area contributed by atoms with Gasteiger partial charge in [0.15, 0.2) is 17.6 Å². The Hall–Kier alpha value is -2.33. The van der Waals surface area contributed by atoms with Crippen molar-refractivity contribution in [1.29, 1.82) is 0 Å². The molecular weight excluding hydrogens is 448 g/mol. The molecule has 0 atom stereocenters. The fourth-order valence-corrected chi connectivity index (χ4v) is 4.38. The van der Waals surface area contributed by atoms with Crippen LogP contribution in [0.4, 0.5) is 13.9 Å². The summed E-state index contributed by atoms with van der Waals surface area (Å²) in [7, 11) is 0. The number of thiazole rings is 1. The molecule has 31 heavy (non-hydrogen) atoms. The van der Waals surface area contributed by atoms with Gasteiger partial charge in [-0.1, -0.05) is 22.9 Å². The number of hydrogen-bond acceptors (Lipinski definition) is 6. The largest absolute Gasteiger partial charge is 0.484 e. The molecule has 0 saturated carbocycles. The van der Waals surface area contributed by atoms with Crippen LogP contribution in [0.2, 0.25) is 5.02 Å². The third kappa shape index (κ3) is 5.48. The predicted octanol–water partition coefficient (Wildman–Crippen LogP) is 3.97. The van der Waals surface area contributed by atoms with E-state index in [2.05, 4.69) is 9.88 Å². The molecule has 1 aliphatic rings. The first-order valence-corrected chi connectivity index (χ1v) is 10.9. The van der Waals surface area contributed by atoms with Crippen molar-refractivity contribution in [3.8, 4) is 5.75 Å². The fraction of sp³-hybridized carbons (Fsp3) is 0.333. The van der Waals surface area contributed by atoms with Gasteiger partial charge in [0.1, 0.15) is 17.1 Å². The molecule has 10 heteroatoms. The Kier molecular flexibility index (Phi) is 6.96. The van der Waals surface area contributed by atoms with Crippen LogP contribution in [0, 0.1) is 11.6 Å². The van der Waals surface area contributed by atoms with Crippen molar-refractivity contribution in [2.75, 3.05) is 50.9 Å². The number of anilines is 1. The number of halogens is 3. The zero-order chi connectivity index (χ0) is 21.8. The molecular formula is C21H20ClF2N3O3S. The van der Waals surface area contributed by atoms with Crippen LogP contribution in [0.25, 0.3) is 10.2 Å². The summed E-state index contributed by atoms with van der Waals surface area (Å²) in [6, 6.07) is 8.68. The average molecular weight is 468 g/mol. The minimum Gasteiger partial charge on any atom is -0.484 e. The molecule has 1 fully saturated rings. The Bertz CT molecular complexity index is 1060. The molecule has 1 aromatic heterocycles. The van der Waals surface area contributed by atoms with Crippen LogP contribution >= 0.6 is 22.9 Å². The third-order valence-electron chi connectivity index (χ3n) is 4.85. The first kappa shape index (κ1) is 21.9. The van der Waals surface area contributed by atoms with Gasteiger partial charge in [0.25, 0.3) is 5.91 Å². The maximum absolute atomic E-state index is 14.1. The van der Waals surface area contributed by atoms with E-state index in [9.17, 15) is 13.6 Å². The Labute approximate surface area is 186 Å². The Morgan fingerprint density at radius 2 is 1.97 bits per heavy atom. The lowest BCUT2D eigenvalue weighted by molar-refractivity contribution is -0.120.